The predicted molar refractivity (Wildman–Crippen MR) is 65.9 cm³/mol. The summed E-state index contributed by atoms with van der Waals surface area (Å²) in [6.07, 6.45) is 7.52. The maximum Gasteiger partial charge on any atom is 0.142 e. The zero-order valence-corrected chi connectivity index (χ0v) is 10.4. The Bertz CT molecular complexity index is 381. The van der Waals surface area contributed by atoms with Crippen molar-refractivity contribution in [3.05, 3.63) is 36.1 Å². The molecule has 0 aromatic carbocycles. The average Bonchev–Trinajstić information content (AvgIpc) is 2.60. The lowest BCUT2D eigenvalue weighted by Gasteiger charge is -2.10. The molecular formula is C12H16O2Si. The van der Waals surface area contributed by atoms with Gasteiger partial charge in [0, 0.05) is 0 Å². The van der Waals surface area contributed by atoms with Gasteiger partial charge in [-0.25, -0.2) is 0 Å². The summed E-state index contributed by atoms with van der Waals surface area (Å²) < 4.78 is 5.68. The van der Waals surface area contributed by atoms with Gasteiger partial charge in [-0.3, -0.25) is 4.79 Å². The van der Waals surface area contributed by atoms with Crippen LogP contribution in [0.4, 0.5) is 0 Å². The second-order valence-electron chi connectivity index (χ2n) is 4.33. The Kier molecular flexibility index (Phi) is 3.86. The van der Waals surface area contributed by atoms with Gasteiger partial charge in [0.2, 0.25) is 0 Å². The van der Waals surface area contributed by atoms with Gasteiger partial charge < -0.3 is 4.42 Å². The number of aldehydes is 1. The smallest absolute Gasteiger partial charge is 0.142 e. The molecule has 0 N–H and O–H groups in total. The molecule has 1 heterocycles. The van der Waals surface area contributed by atoms with E-state index in [9.17, 15) is 4.79 Å². The van der Waals surface area contributed by atoms with Gasteiger partial charge in [-0.15, -0.1) is 0 Å². The molecule has 0 unspecified atom stereocenters. The Labute approximate surface area is 91.3 Å². The third-order valence-electron chi connectivity index (χ3n) is 1.93. The zero-order chi connectivity index (χ0) is 11.3. The standard InChI is InChI=1S/C12H16O2Si/c1-15(2,3)12-9-8-11(14-12)7-5-4-6-10-13/h4-10H,1-3H3/b6-4+,7-5+. The highest BCUT2D eigenvalue weighted by Gasteiger charge is 2.20. The minimum atomic E-state index is -1.34. The van der Waals surface area contributed by atoms with Crippen molar-refractivity contribution in [3.63, 3.8) is 0 Å². The number of allylic oxidation sites excluding steroid dienone is 3. The molecule has 0 atom stereocenters. The van der Waals surface area contributed by atoms with E-state index in [4.69, 9.17) is 4.42 Å². The molecular weight excluding hydrogens is 204 g/mol. The largest absolute Gasteiger partial charge is 0.467 e. The topological polar surface area (TPSA) is 30.2 Å². The van der Waals surface area contributed by atoms with Gasteiger partial charge in [0.15, 0.2) is 0 Å². The lowest BCUT2D eigenvalue weighted by Crippen LogP contribution is -2.36. The second kappa shape index (κ2) is 4.93. The summed E-state index contributed by atoms with van der Waals surface area (Å²) in [6.45, 7) is 6.73. The van der Waals surface area contributed by atoms with Gasteiger partial charge in [0.25, 0.3) is 0 Å². The van der Waals surface area contributed by atoms with E-state index in [-0.39, 0.29) is 0 Å². The summed E-state index contributed by atoms with van der Waals surface area (Å²) in [7, 11) is -1.34. The number of carbonyl (C=O) groups is 1. The molecule has 1 rings (SSSR count). The Morgan fingerprint density at radius 2 is 1.87 bits per heavy atom. The van der Waals surface area contributed by atoms with Crippen LogP contribution in [0.5, 0.6) is 0 Å². The van der Waals surface area contributed by atoms with Crippen LogP contribution in [0.1, 0.15) is 5.76 Å². The third-order valence-corrected chi connectivity index (χ3v) is 3.67. The molecule has 0 aliphatic carbocycles. The van der Waals surface area contributed by atoms with Crippen molar-refractivity contribution in [2.24, 2.45) is 0 Å². The van der Waals surface area contributed by atoms with E-state index in [2.05, 4.69) is 19.6 Å². The first-order valence-electron chi connectivity index (χ1n) is 4.93. The van der Waals surface area contributed by atoms with Gasteiger partial charge in [-0.05, 0) is 24.3 Å². The molecule has 3 heteroatoms. The fraction of sp³-hybridized carbons (Fsp3) is 0.250. The van der Waals surface area contributed by atoms with Crippen LogP contribution in [0.15, 0.2) is 34.8 Å². The van der Waals surface area contributed by atoms with E-state index in [1.54, 1.807) is 12.2 Å². The minimum Gasteiger partial charge on any atom is -0.467 e. The Morgan fingerprint density at radius 1 is 1.13 bits per heavy atom. The van der Waals surface area contributed by atoms with E-state index in [1.807, 2.05) is 18.2 Å². The molecule has 0 amide bonds. The van der Waals surface area contributed by atoms with Crippen LogP contribution in [-0.2, 0) is 4.79 Å². The molecule has 1 aromatic heterocycles. The molecule has 0 saturated carbocycles. The van der Waals surface area contributed by atoms with Crippen LogP contribution < -0.4 is 5.38 Å². The van der Waals surface area contributed by atoms with Crippen molar-refractivity contribution < 1.29 is 9.21 Å². The summed E-state index contributed by atoms with van der Waals surface area (Å²) in [5.41, 5.74) is 0. The van der Waals surface area contributed by atoms with Crippen molar-refractivity contribution in [2.45, 2.75) is 19.6 Å². The Morgan fingerprint density at radius 3 is 2.40 bits per heavy atom. The molecule has 0 bridgehead atoms. The van der Waals surface area contributed by atoms with E-state index >= 15 is 0 Å². The average molecular weight is 220 g/mol. The summed E-state index contributed by atoms with van der Waals surface area (Å²) in [4.78, 5) is 10.0. The summed E-state index contributed by atoms with van der Waals surface area (Å²) in [5, 5.41) is 1.10. The normalized spacial score (nSPS) is 12.7. The SMILES string of the molecule is C[Si](C)(C)c1ccc(/C=C/C=C/C=O)o1. The first kappa shape index (κ1) is 11.7. The number of rotatable bonds is 4. The van der Waals surface area contributed by atoms with Crippen molar-refractivity contribution in [2.75, 3.05) is 0 Å². The monoisotopic (exact) mass is 220 g/mol. The molecule has 0 fully saturated rings. The molecule has 2 nitrogen and oxygen atoms in total. The minimum absolute atomic E-state index is 0.750. The molecule has 0 saturated heterocycles. The van der Waals surface area contributed by atoms with Crippen molar-refractivity contribution >= 4 is 25.8 Å². The Hall–Kier alpha value is -1.35. The quantitative estimate of drug-likeness (QED) is 0.338. The highest BCUT2D eigenvalue weighted by molar-refractivity contribution is 6.87. The third kappa shape index (κ3) is 3.71. The predicted octanol–water partition coefficient (Wildman–Crippen LogP) is 2.59. The van der Waals surface area contributed by atoms with E-state index in [0.717, 1.165) is 17.4 Å². The number of carbonyl (C=O) groups excluding carboxylic acids is 1. The van der Waals surface area contributed by atoms with Crippen LogP contribution in [0.2, 0.25) is 19.6 Å². The lowest BCUT2D eigenvalue weighted by molar-refractivity contribution is -0.104. The zero-order valence-electron chi connectivity index (χ0n) is 9.36. The highest BCUT2D eigenvalue weighted by atomic mass is 28.3. The van der Waals surface area contributed by atoms with Crippen LogP contribution >= 0.6 is 0 Å². The lowest BCUT2D eigenvalue weighted by atomic mass is 10.4. The van der Waals surface area contributed by atoms with Crippen molar-refractivity contribution in [3.8, 4) is 0 Å². The van der Waals surface area contributed by atoms with Gasteiger partial charge in [0.1, 0.15) is 20.1 Å². The van der Waals surface area contributed by atoms with Gasteiger partial charge in [-0.2, -0.15) is 0 Å². The van der Waals surface area contributed by atoms with Crippen LogP contribution in [0.25, 0.3) is 6.08 Å². The van der Waals surface area contributed by atoms with Crippen molar-refractivity contribution in [1.29, 1.82) is 0 Å². The van der Waals surface area contributed by atoms with E-state index < -0.39 is 8.07 Å². The fourth-order valence-corrected chi connectivity index (χ4v) is 2.11. The van der Waals surface area contributed by atoms with Crippen LogP contribution in [-0.4, -0.2) is 14.4 Å². The molecule has 80 valence electrons. The molecule has 0 aliphatic heterocycles. The molecule has 0 radical (unpaired) electrons. The molecule has 15 heavy (non-hydrogen) atoms. The summed E-state index contributed by atoms with van der Waals surface area (Å²) in [6, 6.07) is 3.99. The van der Waals surface area contributed by atoms with E-state index in [1.165, 1.54) is 6.08 Å². The summed E-state index contributed by atoms with van der Waals surface area (Å²) in [5.74, 6) is 0.836. The number of hydrogen-bond donors (Lipinski definition) is 0. The number of furan rings is 1. The summed E-state index contributed by atoms with van der Waals surface area (Å²) >= 11 is 0. The maximum atomic E-state index is 10.0. The molecule has 1 aromatic rings. The van der Waals surface area contributed by atoms with Gasteiger partial charge in [0.05, 0.1) is 5.38 Å². The first-order valence-corrected chi connectivity index (χ1v) is 8.43. The van der Waals surface area contributed by atoms with E-state index in [0.29, 0.717) is 0 Å². The highest BCUT2D eigenvalue weighted by Crippen LogP contribution is 2.08. The van der Waals surface area contributed by atoms with Gasteiger partial charge >= 0.3 is 0 Å². The maximum absolute atomic E-state index is 10.0. The fourth-order valence-electron chi connectivity index (χ4n) is 1.11. The second-order valence-corrected chi connectivity index (χ2v) is 9.32. The number of hydrogen-bond acceptors (Lipinski definition) is 2. The van der Waals surface area contributed by atoms with Crippen molar-refractivity contribution in [1.82, 2.24) is 0 Å². The molecule has 0 spiro atoms. The van der Waals surface area contributed by atoms with Gasteiger partial charge in [-0.1, -0.05) is 31.8 Å². The Balaban J connectivity index is 2.73. The molecule has 0 aliphatic rings. The first-order chi connectivity index (χ1) is 7.04. The van der Waals surface area contributed by atoms with Crippen LogP contribution in [0, 0.1) is 0 Å². The van der Waals surface area contributed by atoms with Crippen LogP contribution in [0.3, 0.4) is 0 Å².